The second-order valence-electron chi connectivity index (χ2n) is 4.30. The molecule has 1 aromatic carbocycles. The second-order valence-corrected chi connectivity index (χ2v) is 5.21. The Morgan fingerprint density at radius 2 is 2.00 bits per heavy atom. The van der Waals surface area contributed by atoms with Crippen molar-refractivity contribution in [1.82, 2.24) is 5.32 Å². The van der Waals surface area contributed by atoms with Gasteiger partial charge in [0.2, 0.25) is 5.91 Å². The number of hydrogen-bond donors (Lipinski definition) is 2. The van der Waals surface area contributed by atoms with Crippen LogP contribution in [-0.4, -0.2) is 18.0 Å². The van der Waals surface area contributed by atoms with Gasteiger partial charge in [-0.2, -0.15) is 0 Å². The predicted molar refractivity (Wildman–Crippen MR) is 67.0 cm³/mol. The minimum absolute atomic E-state index is 0.0826. The Balaban J connectivity index is 1.80. The Bertz CT molecular complexity index is 371. The van der Waals surface area contributed by atoms with E-state index in [0.717, 1.165) is 22.9 Å². The summed E-state index contributed by atoms with van der Waals surface area (Å²) in [6.45, 7) is 0. The van der Waals surface area contributed by atoms with Gasteiger partial charge in [-0.25, -0.2) is 0 Å². The van der Waals surface area contributed by atoms with E-state index in [1.54, 1.807) is 0 Å². The molecule has 2 rings (SSSR count). The van der Waals surface area contributed by atoms with Gasteiger partial charge in [0, 0.05) is 16.6 Å². The average Bonchev–Trinajstić information content (AvgIpc) is 2.19. The number of halogens is 1. The zero-order valence-corrected chi connectivity index (χ0v) is 10.5. The van der Waals surface area contributed by atoms with Gasteiger partial charge in [-0.1, -0.05) is 28.1 Å². The molecule has 86 valence electrons. The molecule has 0 heterocycles. The van der Waals surface area contributed by atoms with Crippen molar-refractivity contribution >= 4 is 21.8 Å². The lowest BCUT2D eigenvalue weighted by molar-refractivity contribution is -0.121. The number of hydrogen-bond acceptors (Lipinski definition) is 2. The van der Waals surface area contributed by atoms with Gasteiger partial charge in [0.1, 0.15) is 0 Å². The summed E-state index contributed by atoms with van der Waals surface area (Å²) >= 11 is 3.36. The SMILES string of the molecule is NC1CC(NC(=O)Cc2ccc(Br)cc2)C1. The highest BCUT2D eigenvalue weighted by atomic mass is 79.9. The molecular formula is C12H15BrN2O. The maximum absolute atomic E-state index is 11.6. The summed E-state index contributed by atoms with van der Waals surface area (Å²) in [6, 6.07) is 8.37. The van der Waals surface area contributed by atoms with E-state index >= 15 is 0 Å². The average molecular weight is 283 g/mol. The van der Waals surface area contributed by atoms with Crippen molar-refractivity contribution in [2.75, 3.05) is 0 Å². The highest BCUT2D eigenvalue weighted by molar-refractivity contribution is 9.10. The molecule has 1 aromatic rings. The van der Waals surface area contributed by atoms with Crippen LogP contribution in [0.5, 0.6) is 0 Å². The molecule has 1 fully saturated rings. The molecule has 0 spiro atoms. The van der Waals surface area contributed by atoms with Crippen molar-refractivity contribution in [2.45, 2.75) is 31.3 Å². The van der Waals surface area contributed by atoms with E-state index in [1.165, 1.54) is 0 Å². The molecule has 4 heteroatoms. The van der Waals surface area contributed by atoms with E-state index in [4.69, 9.17) is 5.73 Å². The zero-order chi connectivity index (χ0) is 11.5. The quantitative estimate of drug-likeness (QED) is 0.885. The van der Waals surface area contributed by atoms with Gasteiger partial charge in [0.05, 0.1) is 6.42 Å². The first kappa shape index (κ1) is 11.6. The monoisotopic (exact) mass is 282 g/mol. The van der Waals surface area contributed by atoms with Crippen LogP contribution in [0.4, 0.5) is 0 Å². The van der Waals surface area contributed by atoms with Crippen LogP contribution in [-0.2, 0) is 11.2 Å². The van der Waals surface area contributed by atoms with Gasteiger partial charge < -0.3 is 11.1 Å². The Hall–Kier alpha value is -0.870. The lowest BCUT2D eigenvalue weighted by Crippen LogP contribution is -2.50. The van der Waals surface area contributed by atoms with E-state index in [-0.39, 0.29) is 18.0 Å². The largest absolute Gasteiger partial charge is 0.353 e. The van der Waals surface area contributed by atoms with Crippen molar-refractivity contribution in [3.05, 3.63) is 34.3 Å². The van der Waals surface area contributed by atoms with Crippen LogP contribution in [0, 0.1) is 0 Å². The summed E-state index contributed by atoms with van der Waals surface area (Å²) in [7, 11) is 0. The van der Waals surface area contributed by atoms with Crippen LogP contribution in [0.15, 0.2) is 28.7 Å². The summed E-state index contributed by atoms with van der Waals surface area (Å²) in [4.78, 5) is 11.6. The molecule has 1 amide bonds. The Kier molecular flexibility index (Phi) is 3.61. The molecule has 0 bridgehead atoms. The zero-order valence-electron chi connectivity index (χ0n) is 8.95. The molecule has 3 nitrogen and oxygen atoms in total. The highest BCUT2D eigenvalue weighted by Crippen LogP contribution is 2.17. The smallest absolute Gasteiger partial charge is 0.224 e. The summed E-state index contributed by atoms with van der Waals surface area (Å²) in [5.74, 6) is 0.0826. The molecule has 1 saturated carbocycles. The van der Waals surface area contributed by atoms with E-state index in [2.05, 4.69) is 21.2 Å². The van der Waals surface area contributed by atoms with Crippen LogP contribution >= 0.6 is 15.9 Å². The fourth-order valence-electron chi connectivity index (χ4n) is 1.85. The number of nitrogens with one attached hydrogen (secondary N) is 1. The molecule has 1 aliphatic rings. The van der Waals surface area contributed by atoms with Gasteiger partial charge in [0.25, 0.3) is 0 Å². The van der Waals surface area contributed by atoms with E-state index in [9.17, 15) is 4.79 Å². The fraction of sp³-hybridized carbons (Fsp3) is 0.417. The van der Waals surface area contributed by atoms with E-state index in [1.807, 2.05) is 24.3 Å². The molecule has 0 radical (unpaired) electrons. The van der Waals surface area contributed by atoms with E-state index < -0.39 is 0 Å². The van der Waals surface area contributed by atoms with Gasteiger partial charge in [-0.05, 0) is 30.5 Å². The van der Waals surface area contributed by atoms with Crippen LogP contribution < -0.4 is 11.1 Å². The molecule has 0 saturated heterocycles. The van der Waals surface area contributed by atoms with Crippen LogP contribution in [0.1, 0.15) is 18.4 Å². The van der Waals surface area contributed by atoms with Crippen molar-refractivity contribution < 1.29 is 4.79 Å². The third-order valence-corrected chi connectivity index (χ3v) is 3.35. The molecular weight excluding hydrogens is 268 g/mol. The fourth-order valence-corrected chi connectivity index (χ4v) is 2.11. The summed E-state index contributed by atoms with van der Waals surface area (Å²) in [5.41, 5.74) is 6.69. The minimum atomic E-state index is 0.0826. The molecule has 3 N–H and O–H groups in total. The first-order chi connectivity index (χ1) is 7.63. The molecule has 0 atom stereocenters. The van der Waals surface area contributed by atoms with Crippen molar-refractivity contribution in [3.63, 3.8) is 0 Å². The Morgan fingerprint density at radius 1 is 1.38 bits per heavy atom. The van der Waals surface area contributed by atoms with Crippen LogP contribution in [0.3, 0.4) is 0 Å². The van der Waals surface area contributed by atoms with E-state index in [0.29, 0.717) is 6.42 Å². The number of carbonyl (C=O) groups is 1. The normalized spacial score (nSPS) is 23.6. The molecule has 0 aliphatic heterocycles. The van der Waals surface area contributed by atoms with Gasteiger partial charge in [0.15, 0.2) is 0 Å². The first-order valence-corrected chi connectivity index (χ1v) is 6.22. The maximum Gasteiger partial charge on any atom is 0.224 e. The molecule has 0 unspecified atom stereocenters. The molecule has 16 heavy (non-hydrogen) atoms. The minimum Gasteiger partial charge on any atom is -0.353 e. The standard InChI is InChI=1S/C12H15BrN2O/c13-9-3-1-8(2-4-9)5-12(16)15-11-6-10(14)7-11/h1-4,10-11H,5-7,14H2,(H,15,16). The number of amides is 1. The van der Waals surface area contributed by atoms with Gasteiger partial charge in [-0.3, -0.25) is 4.79 Å². The third-order valence-electron chi connectivity index (χ3n) is 2.82. The van der Waals surface area contributed by atoms with Crippen molar-refractivity contribution in [1.29, 1.82) is 0 Å². The first-order valence-electron chi connectivity index (χ1n) is 5.43. The summed E-state index contributed by atoms with van der Waals surface area (Å²) < 4.78 is 1.03. The van der Waals surface area contributed by atoms with Crippen molar-refractivity contribution in [3.8, 4) is 0 Å². The maximum atomic E-state index is 11.6. The van der Waals surface area contributed by atoms with Crippen LogP contribution in [0.25, 0.3) is 0 Å². The molecule has 0 aromatic heterocycles. The van der Waals surface area contributed by atoms with Crippen LogP contribution in [0.2, 0.25) is 0 Å². The third kappa shape index (κ3) is 3.06. The van der Waals surface area contributed by atoms with Crippen molar-refractivity contribution in [2.24, 2.45) is 5.73 Å². The predicted octanol–water partition coefficient (Wildman–Crippen LogP) is 1.60. The summed E-state index contributed by atoms with van der Waals surface area (Å²) in [5, 5.41) is 2.98. The lowest BCUT2D eigenvalue weighted by Gasteiger charge is -2.32. The topological polar surface area (TPSA) is 55.1 Å². The van der Waals surface area contributed by atoms with Gasteiger partial charge in [-0.15, -0.1) is 0 Å². The number of benzene rings is 1. The number of rotatable bonds is 3. The lowest BCUT2D eigenvalue weighted by atomic mass is 9.87. The second kappa shape index (κ2) is 4.97. The summed E-state index contributed by atoms with van der Waals surface area (Å²) in [6.07, 6.45) is 2.26. The Morgan fingerprint density at radius 3 is 2.56 bits per heavy atom. The van der Waals surface area contributed by atoms with Gasteiger partial charge >= 0.3 is 0 Å². The number of nitrogens with two attached hydrogens (primary N) is 1. The molecule has 1 aliphatic carbocycles. The Labute approximate surface area is 104 Å². The number of carbonyl (C=O) groups excluding carboxylic acids is 1. The highest BCUT2D eigenvalue weighted by Gasteiger charge is 2.26.